The van der Waals surface area contributed by atoms with E-state index in [1.807, 2.05) is 0 Å². The number of hydrogen-bond donors (Lipinski definition) is 1. The summed E-state index contributed by atoms with van der Waals surface area (Å²) in [6.45, 7) is 0.187. The van der Waals surface area contributed by atoms with Gasteiger partial charge in [0.25, 0.3) is 0 Å². The lowest BCUT2D eigenvalue weighted by atomic mass is 10.4. The maximum Gasteiger partial charge on any atom is 0.490 e. The predicted molar refractivity (Wildman–Crippen MR) is 46.5 cm³/mol. The minimum absolute atomic E-state index is 0.187. The van der Waals surface area contributed by atoms with Crippen molar-refractivity contribution in [3.8, 4) is 0 Å². The van der Waals surface area contributed by atoms with Crippen molar-refractivity contribution in [2.75, 3.05) is 5.33 Å². The summed E-state index contributed by atoms with van der Waals surface area (Å²) in [6.07, 6.45) is 0.589. The molecule has 7 nitrogen and oxygen atoms in total. The summed E-state index contributed by atoms with van der Waals surface area (Å²) >= 11 is 3.06. The van der Waals surface area contributed by atoms with Crippen molar-refractivity contribution < 1.29 is 10.0 Å². The molecule has 0 aliphatic heterocycles. The highest BCUT2D eigenvalue weighted by Crippen LogP contribution is 2.01. The Labute approximate surface area is 81.7 Å². The zero-order chi connectivity index (χ0) is 9.84. The molecule has 0 fully saturated rings. The maximum absolute atomic E-state index is 10.2. The van der Waals surface area contributed by atoms with Gasteiger partial charge in [-0.25, -0.2) is 0 Å². The van der Waals surface area contributed by atoms with E-state index in [4.69, 9.17) is 5.11 Å². The van der Waals surface area contributed by atoms with Crippen molar-refractivity contribution in [1.82, 2.24) is 14.8 Å². The second kappa shape index (κ2) is 4.28. The second-order valence-electron chi connectivity index (χ2n) is 2.33. The number of aromatic nitrogens is 3. The molecule has 1 atom stereocenters. The molecule has 0 radical (unpaired) electrons. The van der Waals surface area contributed by atoms with Gasteiger partial charge in [0.1, 0.15) is 0 Å². The molecule has 0 saturated carbocycles. The summed E-state index contributed by atoms with van der Waals surface area (Å²) in [5.41, 5.74) is 0. The molecule has 1 aromatic heterocycles. The first-order chi connectivity index (χ1) is 6.13. The number of nitro groups is 1. The molecule has 0 aliphatic carbocycles. The monoisotopic (exact) mass is 250 g/mol. The average Bonchev–Trinajstić information content (AvgIpc) is 2.52. The zero-order valence-electron chi connectivity index (χ0n) is 6.50. The van der Waals surface area contributed by atoms with Gasteiger partial charge in [-0.05, 0) is 4.92 Å². The van der Waals surface area contributed by atoms with Gasteiger partial charge in [0.05, 0.1) is 12.6 Å². The van der Waals surface area contributed by atoms with Gasteiger partial charge in [0, 0.05) is 10.4 Å². The summed E-state index contributed by atoms with van der Waals surface area (Å²) in [6, 6.07) is 0. The fraction of sp³-hybridized carbons (Fsp3) is 0.600. The lowest BCUT2D eigenvalue weighted by Gasteiger charge is -2.01. The van der Waals surface area contributed by atoms with Gasteiger partial charge in [-0.1, -0.05) is 20.9 Å². The van der Waals surface area contributed by atoms with Crippen LogP contribution in [0.3, 0.4) is 0 Å². The second-order valence-corrected chi connectivity index (χ2v) is 2.98. The minimum atomic E-state index is -0.684. The molecule has 0 aliphatic rings. The molecule has 1 unspecified atom stereocenters. The number of hydrogen-bond acceptors (Lipinski definition) is 5. The van der Waals surface area contributed by atoms with Crippen LogP contribution in [0.2, 0.25) is 0 Å². The highest BCUT2D eigenvalue weighted by atomic mass is 79.9. The Balaban J connectivity index is 2.64. The van der Waals surface area contributed by atoms with Crippen molar-refractivity contribution in [1.29, 1.82) is 0 Å². The number of halogens is 1. The van der Waals surface area contributed by atoms with Crippen LogP contribution in [0.1, 0.15) is 0 Å². The highest BCUT2D eigenvalue weighted by molar-refractivity contribution is 9.09. The van der Waals surface area contributed by atoms with Crippen LogP contribution in [0.25, 0.3) is 0 Å². The molecule has 72 valence electrons. The quantitative estimate of drug-likeness (QED) is 0.459. The minimum Gasteiger partial charge on any atom is -0.390 e. The molecule has 0 spiro atoms. The molecule has 0 amide bonds. The standard InChI is InChI=1S/C5H7BrN4O3/c6-1-4(11)2-9-3-7-5(8-9)10(12)13/h3-4,11H,1-2H2. The normalized spacial score (nSPS) is 12.8. The van der Waals surface area contributed by atoms with Crippen molar-refractivity contribution in [3.63, 3.8) is 0 Å². The van der Waals surface area contributed by atoms with Gasteiger partial charge >= 0.3 is 5.95 Å². The lowest BCUT2D eigenvalue weighted by molar-refractivity contribution is -0.394. The third kappa shape index (κ3) is 2.74. The van der Waals surface area contributed by atoms with E-state index in [9.17, 15) is 10.1 Å². The lowest BCUT2D eigenvalue weighted by Crippen LogP contribution is -2.17. The first-order valence-corrected chi connectivity index (χ1v) is 4.53. The van der Waals surface area contributed by atoms with Crippen LogP contribution in [0.4, 0.5) is 5.95 Å². The topological polar surface area (TPSA) is 94.1 Å². The first-order valence-electron chi connectivity index (χ1n) is 3.41. The Morgan fingerprint density at radius 3 is 3.00 bits per heavy atom. The van der Waals surface area contributed by atoms with Crippen LogP contribution in [-0.2, 0) is 6.54 Å². The van der Waals surface area contributed by atoms with Crippen LogP contribution in [0.15, 0.2) is 6.33 Å². The molecule has 0 bridgehead atoms. The number of alkyl halides is 1. The van der Waals surface area contributed by atoms with E-state index < -0.39 is 17.0 Å². The first kappa shape index (κ1) is 10.1. The molecule has 1 rings (SSSR count). The van der Waals surface area contributed by atoms with E-state index in [2.05, 4.69) is 26.0 Å². The Hall–Kier alpha value is -1.02. The fourth-order valence-electron chi connectivity index (χ4n) is 0.721. The molecule has 0 aromatic carbocycles. The van der Waals surface area contributed by atoms with Gasteiger partial charge < -0.3 is 15.2 Å². The zero-order valence-corrected chi connectivity index (χ0v) is 8.09. The van der Waals surface area contributed by atoms with Gasteiger partial charge in [-0.3, -0.25) is 0 Å². The summed E-state index contributed by atoms with van der Waals surface area (Å²) < 4.78 is 1.23. The van der Waals surface area contributed by atoms with Crippen LogP contribution in [0.5, 0.6) is 0 Å². The summed E-state index contributed by atoms with van der Waals surface area (Å²) in [4.78, 5) is 12.9. The summed E-state index contributed by atoms with van der Waals surface area (Å²) in [5, 5.41) is 23.2. The molecule has 8 heteroatoms. The number of rotatable bonds is 4. The molecule has 1 heterocycles. The van der Waals surface area contributed by atoms with Crippen molar-refractivity contribution in [2.45, 2.75) is 12.6 Å². The number of aliphatic hydroxyl groups is 1. The predicted octanol–water partition coefficient (Wildman–Crippen LogP) is -0.0579. The summed E-state index contributed by atoms with van der Waals surface area (Å²) in [5.74, 6) is -0.457. The molecular formula is C5H7BrN4O3. The third-order valence-electron chi connectivity index (χ3n) is 1.26. The van der Waals surface area contributed by atoms with Crippen LogP contribution in [0, 0.1) is 10.1 Å². The maximum atomic E-state index is 10.2. The van der Waals surface area contributed by atoms with Crippen molar-refractivity contribution >= 4 is 21.9 Å². The fourth-order valence-corrected chi connectivity index (χ4v) is 0.926. The number of aliphatic hydroxyl groups excluding tert-OH is 1. The largest absolute Gasteiger partial charge is 0.490 e. The van der Waals surface area contributed by atoms with E-state index in [0.29, 0.717) is 5.33 Å². The van der Waals surface area contributed by atoms with Crippen molar-refractivity contribution in [2.24, 2.45) is 0 Å². The van der Waals surface area contributed by atoms with Gasteiger partial charge in [-0.15, -0.1) is 0 Å². The summed E-state index contributed by atoms with van der Waals surface area (Å²) in [7, 11) is 0. The Morgan fingerprint density at radius 1 is 1.85 bits per heavy atom. The Bertz CT molecular complexity index is 302. The van der Waals surface area contributed by atoms with Crippen molar-refractivity contribution in [3.05, 3.63) is 16.4 Å². The van der Waals surface area contributed by atoms with Crippen LogP contribution >= 0.6 is 15.9 Å². The van der Waals surface area contributed by atoms with Crippen LogP contribution in [-0.4, -0.2) is 36.2 Å². The average molecular weight is 251 g/mol. The Kier molecular flexibility index (Phi) is 3.32. The van der Waals surface area contributed by atoms with Gasteiger partial charge in [0.2, 0.25) is 6.33 Å². The van der Waals surface area contributed by atoms with Gasteiger partial charge in [-0.2, -0.15) is 4.68 Å². The number of nitrogens with zero attached hydrogens (tertiary/aromatic N) is 4. The van der Waals surface area contributed by atoms with E-state index in [1.165, 1.54) is 11.0 Å². The van der Waals surface area contributed by atoms with Crippen LogP contribution < -0.4 is 0 Å². The third-order valence-corrected chi connectivity index (χ3v) is 2.01. The van der Waals surface area contributed by atoms with Gasteiger partial charge in [0.15, 0.2) is 0 Å². The van der Waals surface area contributed by atoms with E-state index in [0.717, 1.165) is 0 Å². The van der Waals surface area contributed by atoms with E-state index in [-0.39, 0.29) is 6.54 Å². The SMILES string of the molecule is O=[N+]([O-])c1ncn(CC(O)CBr)n1. The van der Waals surface area contributed by atoms with E-state index in [1.54, 1.807) is 0 Å². The molecule has 0 saturated heterocycles. The molecular weight excluding hydrogens is 244 g/mol. The molecule has 13 heavy (non-hydrogen) atoms. The smallest absolute Gasteiger partial charge is 0.390 e. The van der Waals surface area contributed by atoms with E-state index >= 15 is 0 Å². The highest BCUT2D eigenvalue weighted by Gasteiger charge is 2.14. The Morgan fingerprint density at radius 2 is 2.54 bits per heavy atom. The molecule has 1 aromatic rings. The molecule has 1 N–H and O–H groups in total.